The number of carbonyl (C=O) groups excluding carboxylic acids is 1. The fourth-order valence-corrected chi connectivity index (χ4v) is 3.01. The second-order valence-electron chi connectivity index (χ2n) is 6.27. The number of piperazine rings is 1. The quantitative estimate of drug-likeness (QED) is 0.678. The predicted octanol–water partition coefficient (Wildman–Crippen LogP) is 2.29. The molecule has 0 aromatic heterocycles. The van der Waals surface area contributed by atoms with Crippen molar-refractivity contribution in [2.75, 3.05) is 33.4 Å². The highest BCUT2D eigenvalue weighted by atomic mass is 16.5. The van der Waals surface area contributed by atoms with Gasteiger partial charge in [-0.05, 0) is 32.1 Å². The number of aliphatic imine (C=N–C) groups is 1. The van der Waals surface area contributed by atoms with Crippen molar-refractivity contribution in [1.29, 1.82) is 0 Å². The zero-order valence-electron chi connectivity index (χ0n) is 14.2. The van der Waals surface area contributed by atoms with Gasteiger partial charge in [-0.2, -0.15) is 0 Å². The topological polar surface area (TPSA) is 45.1 Å². The Morgan fingerprint density at radius 2 is 2.09 bits per heavy atom. The first-order valence-electron chi connectivity index (χ1n) is 8.36. The Hall–Kier alpha value is -1.36. The summed E-state index contributed by atoms with van der Waals surface area (Å²) in [6.07, 6.45) is 4.02. The molecule has 1 amide bonds. The van der Waals surface area contributed by atoms with Crippen LogP contribution in [0.1, 0.15) is 39.5 Å². The van der Waals surface area contributed by atoms with Crippen molar-refractivity contribution in [3.8, 4) is 0 Å². The molecule has 1 atom stereocenters. The molecule has 0 N–H and O–H groups in total. The van der Waals surface area contributed by atoms with Crippen LogP contribution in [0.4, 0.5) is 0 Å². The molecule has 1 saturated carbocycles. The smallest absolute Gasteiger partial charge is 0.225 e. The van der Waals surface area contributed by atoms with Crippen molar-refractivity contribution in [3.63, 3.8) is 0 Å². The van der Waals surface area contributed by atoms with E-state index in [0.717, 1.165) is 31.9 Å². The van der Waals surface area contributed by atoms with Gasteiger partial charge in [0, 0.05) is 38.5 Å². The molecule has 2 rings (SSSR count). The average Bonchev–Trinajstić information content (AvgIpc) is 3.34. The number of nitrogens with zero attached hydrogens (tertiary/aromatic N) is 3. The highest BCUT2D eigenvalue weighted by molar-refractivity contribution is 5.89. The first-order valence-corrected chi connectivity index (χ1v) is 8.36. The lowest BCUT2D eigenvalue weighted by Gasteiger charge is -2.40. The monoisotopic (exact) mass is 307 g/mol. The normalized spacial score (nSPS) is 22.9. The zero-order valence-corrected chi connectivity index (χ0v) is 14.2. The van der Waals surface area contributed by atoms with Gasteiger partial charge in [0.25, 0.3) is 0 Å². The number of hydrogen-bond donors (Lipinski definition) is 0. The molecule has 22 heavy (non-hydrogen) atoms. The molecule has 1 saturated heterocycles. The molecule has 0 unspecified atom stereocenters. The third-order valence-electron chi connectivity index (χ3n) is 4.52. The summed E-state index contributed by atoms with van der Waals surface area (Å²) in [7, 11) is 1.63. The van der Waals surface area contributed by atoms with Crippen molar-refractivity contribution in [3.05, 3.63) is 12.4 Å². The molecule has 1 heterocycles. The maximum atomic E-state index is 12.1. The highest BCUT2D eigenvalue weighted by Crippen LogP contribution is 2.32. The van der Waals surface area contributed by atoms with Gasteiger partial charge in [0.1, 0.15) is 5.82 Å². The van der Waals surface area contributed by atoms with Crippen LogP contribution in [0.15, 0.2) is 17.4 Å². The molecule has 0 radical (unpaired) electrons. The Morgan fingerprint density at radius 3 is 2.64 bits per heavy atom. The number of methoxy groups -OCH3 is 1. The van der Waals surface area contributed by atoms with Gasteiger partial charge in [-0.3, -0.25) is 4.79 Å². The predicted molar refractivity (Wildman–Crippen MR) is 88.8 cm³/mol. The fraction of sp³-hybridized carbons (Fsp3) is 0.765. The second-order valence-corrected chi connectivity index (χ2v) is 6.27. The van der Waals surface area contributed by atoms with Gasteiger partial charge >= 0.3 is 0 Å². The van der Waals surface area contributed by atoms with Crippen LogP contribution in [0.5, 0.6) is 0 Å². The Kier molecular flexibility index (Phi) is 6.00. The van der Waals surface area contributed by atoms with Gasteiger partial charge < -0.3 is 14.5 Å². The zero-order chi connectivity index (χ0) is 16.1. The minimum absolute atomic E-state index is 0.176. The fourth-order valence-electron chi connectivity index (χ4n) is 3.01. The van der Waals surface area contributed by atoms with E-state index in [1.807, 2.05) is 4.90 Å². The molecule has 5 nitrogen and oxygen atoms in total. The van der Waals surface area contributed by atoms with E-state index in [2.05, 4.69) is 25.3 Å². The van der Waals surface area contributed by atoms with Gasteiger partial charge in [0.15, 0.2) is 0 Å². The molecular weight excluding hydrogens is 278 g/mol. The summed E-state index contributed by atoms with van der Waals surface area (Å²) >= 11 is 0. The van der Waals surface area contributed by atoms with E-state index in [9.17, 15) is 4.79 Å². The van der Waals surface area contributed by atoms with Crippen molar-refractivity contribution in [2.45, 2.75) is 45.6 Å². The first kappa shape index (κ1) is 17.0. The average molecular weight is 307 g/mol. The van der Waals surface area contributed by atoms with E-state index in [0.29, 0.717) is 18.9 Å². The van der Waals surface area contributed by atoms with Crippen LogP contribution in [-0.4, -0.2) is 60.8 Å². The second kappa shape index (κ2) is 7.77. The molecule has 0 aromatic carbocycles. The van der Waals surface area contributed by atoms with Crippen LogP contribution in [0, 0.1) is 5.92 Å². The lowest BCUT2D eigenvalue weighted by atomic mass is 10.1. The SMILES string of the molecule is C=C(/N=C(\CC)C1CC1)N1CCN(C(=O)CCOC)[C@H](C)C1. The lowest BCUT2D eigenvalue weighted by Crippen LogP contribution is -2.53. The molecule has 2 aliphatic rings. The van der Waals surface area contributed by atoms with Crippen LogP contribution < -0.4 is 0 Å². The Labute approximate surface area is 134 Å². The van der Waals surface area contributed by atoms with Crippen molar-refractivity contribution in [1.82, 2.24) is 9.80 Å². The molecule has 1 aliphatic heterocycles. The molecule has 1 aliphatic carbocycles. The van der Waals surface area contributed by atoms with Gasteiger partial charge in [-0.1, -0.05) is 13.5 Å². The van der Waals surface area contributed by atoms with Crippen molar-refractivity contribution in [2.24, 2.45) is 10.9 Å². The largest absolute Gasteiger partial charge is 0.384 e. The summed E-state index contributed by atoms with van der Waals surface area (Å²) in [5.74, 6) is 1.73. The summed E-state index contributed by atoms with van der Waals surface area (Å²) in [4.78, 5) is 21.1. The van der Waals surface area contributed by atoms with Crippen molar-refractivity contribution < 1.29 is 9.53 Å². The van der Waals surface area contributed by atoms with E-state index in [-0.39, 0.29) is 11.9 Å². The third kappa shape index (κ3) is 4.32. The number of rotatable bonds is 7. The Bertz CT molecular complexity index is 443. The highest BCUT2D eigenvalue weighted by Gasteiger charge is 2.29. The van der Waals surface area contributed by atoms with E-state index in [1.165, 1.54) is 18.6 Å². The molecule has 124 valence electrons. The van der Waals surface area contributed by atoms with E-state index >= 15 is 0 Å². The summed E-state index contributed by atoms with van der Waals surface area (Å²) < 4.78 is 4.99. The maximum absolute atomic E-state index is 12.1. The number of ether oxygens (including phenoxy) is 1. The summed E-state index contributed by atoms with van der Waals surface area (Å²) in [5, 5.41) is 0. The van der Waals surface area contributed by atoms with Gasteiger partial charge in [-0.25, -0.2) is 4.99 Å². The van der Waals surface area contributed by atoms with E-state index < -0.39 is 0 Å². The number of amides is 1. The minimum Gasteiger partial charge on any atom is -0.384 e. The molecule has 0 bridgehead atoms. The number of carbonyl (C=O) groups is 1. The molecular formula is C17H29N3O2. The van der Waals surface area contributed by atoms with Crippen LogP contribution in [0.2, 0.25) is 0 Å². The van der Waals surface area contributed by atoms with E-state index in [4.69, 9.17) is 9.73 Å². The summed E-state index contributed by atoms with van der Waals surface area (Å²) in [6.45, 7) is 11.3. The van der Waals surface area contributed by atoms with Gasteiger partial charge in [-0.15, -0.1) is 0 Å². The first-order chi connectivity index (χ1) is 10.6. The maximum Gasteiger partial charge on any atom is 0.225 e. The summed E-state index contributed by atoms with van der Waals surface area (Å²) in [5.41, 5.74) is 1.29. The third-order valence-corrected chi connectivity index (χ3v) is 4.52. The Balaban J connectivity index is 1.89. The van der Waals surface area contributed by atoms with Gasteiger partial charge in [0.05, 0.1) is 13.0 Å². The molecule has 0 aromatic rings. The Morgan fingerprint density at radius 1 is 1.36 bits per heavy atom. The lowest BCUT2D eigenvalue weighted by molar-refractivity contribution is -0.136. The van der Waals surface area contributed by atoms with Crippen molar-refractivity contribution >= 4 is 11.6 Å². The van der Waals surface area contributed by atoms with E-state index in [1.54, 1.807) is 7.11 Å². The minimum atomic E-state index is 0.176. The molecule has 2 fully saturated rings. The van der Waals surface area contributed by atoms with Crippen LogP contribution in [0.3, 0.4) is 0 Å². The molecule has 5 heteroatoms. The van der Waals surface area contributed by atoms with Crippen LogP contribution >= 0.6 is 0 Å². The summed E-state index contributed by atoms with van der Waals surface area (Å²) in [6, 6.07) is 0.191. The standard InChI is InChI=1S/C17H29N3O2/c1-5-16(15-6-7-15)18-14(3)19-9-10-20(13(2)12-19)17(21)8-11-22-4/h13,15H,3,5-12H2,1-2,4H3/b18-16+/t13-/m1/s1. The molecule has 0 spiro atoms. The number of hydrogen-bond acceptors (Lipinski definition) is 4. The van der Waals surface area contributed by atoms with Gasteiger partial charge in [0.2, 0.25) is 5.91 Å². The van der Waals surface area contributed by atoms with Crippen LogP contribution in [0.25, 0.3) is 0 Å². The van der Waals surface area contributed by atoms with Crippen LogP contribution in [-0.2, 0) is 9.53 Å².